The highest BCUT2D eigenvalue weighted by molar-refractivity contribution is 5.79. The maximum Gasteiger partial charge on any atom is 0.225 e. The summed E-state index contributed by atoms with van der Waals surface area (Å²) in [4.78, 5) is 14.7. The largest absolute Gasteiger partial charge is 0.384 e. The summed E-state index contributed by atoms with van der Waals surface area (Å²) in [5, 5.41) is 18.3. The summed E-state index contributed by atoms with van der Waals surface area (Å²) in [5.74, 6) is 1.37. The zero-order chi connectivity index (χ0) is 17.3. The van der Waals surface area contributed by atoms with Gasteiger partial charge in [0.25, 0.3) is 0 Å². The molecule has 0 spiro atoms. The van der Waals surface area contributed by atoms with Gasteiger partial charge in [-0.2, -0.15) is 0 Å². The lowest BCUT2D eigenvalue weighted by Gasteiger charge is -2.35. The molecule has 6 heteroatoms. The van der Waals surface area contributed by atoms with Gasteiger partial charge in [0.1, 0.15) is 11.3 Å². The lowest BCUT2D eigenvalue weighted by atomic mass is 9.82. The number of rotatable bonds is 3. The third kappa shape index (κ3) is 3.79. The van der Waals surface area contributed by atoms with E-state index < -0.39 is 5.60 Å². The fourth-order valence-electron chi connectivity index (χ4n) is 3.85. The molecular formula is C18H30N4O2. The molecule has 0 atom stereocenters. The monoisotopic (exact) mass is 334 g/mol. The van der Waals surface area contributed by atoms with Crippen LogP contribution in [0.2, 0.25) is 0 Å². The van der Waals surface area contributed by atoms with Crippen LogP contribution in [-0.2, 0) is 10.4 Å². The molecule has 1 amide bonds. The van der Waals surface area contributed by atoms with Gasteiger partial charge in [-0.1, -0.05) is 12.1 Å². The van der Waals surface area contributed by atoms with Crippen molar-refractivity contribution in [2.24, 2.45) is 11.8 Å². The Labute approximate surface area is 144 Å². The molecule has 1 aromatic rings. The number of aromatic nitrogens is 3. The molecule has 1 saturated carbocycles. The molecule has 0 bridgehead atoms. The lowest BCUT2D eigenvalue weighted by Crippen LogP contribution is -2.43. The van der Waals surface area contributed by atoms with Crippen LogP contribution in [0.25, 0.3) is 0 Å². The van der Waals surface area contributed by atoms with Gasteiger partial charge in [-0.3, -0.25) is 4.79 Å². The SMILES string of the molecule is CC1CCC(C(=O)N2CCC(n3cc(C(C)(C)O)nn3)CC2)CC1. The Morgan fingerprint density at radius 1 is 1.17 bits per heavy atom. The molecule has 1 aliphatic heterocycles. The Morgan fingerprint density at radius 3 is 2.33 bits per heavy atom. The number of likely N-dealkylation sites (tertiary alicyclic amines) is 1. The number of hydrogen-bond donors (Lipinski definition) is 1. The minimum Gasteiger partial charge on any atom is -0.384 e. The van der Waals surface area contributed by atoms with E-state index in [4.69, 9.17) is 0 Å². The fraction of sp³-hybridized carbons (Fsp3) is 0.833. The standard InChI is InChI=1S/C18H30N4O2/c1-13-4-6-14(7-5-13)17(23)21-10-8-15(9-11-21)22-12-16(19-20-22)18(2,3)24/h12-15,24H,4-11H2,1-3H3. The molecule has 1 N–H and O–H groups in total. The highest BCUT2D eigenvalue weighted by atomic mass is 16.3. The van der Waals surface area contributed by atoms with Crippen LogP contribution in [0, 0.1) is 11.8 Å². The minimum absolute atomic E-state index is 0.242. The van der Waals surface area contributed by atoms with Gasteiger partial charge in [-0.25, -0.2) is 4.68 Å². The van der Waals surface area contributed by atoms with Crippen molar-refractivity contribution in [2.75, 3.05) is 13.1 Å². The Morgan fingerprint density at radius 2 is 1.79 bits per heavy atom. The number of hydrogen-bond acceptors (Lipinski definition) is 4. The lowest BCUT2D eigenvalue weighted by molar-refractivity contribution is -0.138. The van der Waals surface area contributed by atoms with Crippen LogP contribution < -0.4 is 0 Å². The van der Waals surface area contributed by atoms with E-state index in [0.29, 0.717) is 11.6 Å². The zero-order valence-electron chi connectivity index (χ0n) is 15.1. The van der Waals surface area contributed by atoms with Crippen LogP contribution in [0.15, 0.2) is 6.20 Å². The van der Waals surface area contributed by atoms with E-state index in [2.05, 4.69) is 17.2 Å². The van der Waals surface area contributed by atoms with Crippen molar-refractivity contribution in [2.45, 2.75) is 70.9 Å². The summed E-state index contributed by atoms with van der Waals surface area (Å²) in [7, 11) is 0. The molecule has 2 heterocycles. The third-order valence-electron chi connectivity index (χ3n) is 5.65. The van der Waals surface area contributed by atoms with E-state index in [-0.39, 0.29) is 12.0 Å². The molecule has 0 aromatic carbocycles. The van der Waals surface area contributed by atoms with E-state index in [0.717, 1.165) is 44.7 Å². The summed E-state index contributed by atoms with van der Waals surface area (Å²) in [6.45, 7) is 7.31. The van der Waals surface area contributed by atoms with Crippen LogP contribution in [0.4, 0.5) is 0 Å². The smallest absolute Gasteiger partial charge is 0.225 e. The molecule has 134 valence electrons. The Bertz CT molecular complexity index is 562. The second kappa shape index (κ2) is 6.82. The molecule has 1 saturated heterocycles. The van der Waals surface area contributed by atoms with E-state index in [1.54, 1.807) is 13.8 Å². The maximum absolute atomic E-state index is 12.7. The molecule has 1 aromatic heterocycles. The van der Waals surface area contributed by atoms with Gasteiger partial charge in [0.15, 0.2) is 0 Å². The van der Waals surface area contributed by atoms with Crippen LogP contribution in [0.5, 0.6) is 0 Å². The predicted octanol–water partition coefficient (Wildman–Crippen LogP) is 2.50. The molecule has 24 heavy (non-hydrogen) atoms. The van der Waals surface area contributed by atoms with Crippen molar-refractivity contribution in [3.8, 4) is 0 Å². The Hall–Kier alpha value is -1.43. The first-order valence-electron chi connectivity index (χ1n) is 9.28. The van der Waals surface area contributed by atoms with Gasteiger partial charge in [0.05, 0.1) is 12.2 Å². The second-order valence-electron chi connectivity index (χ2n) is 8.16. The molecule has 6 nitrogen and oxygen atoms in total. The van der Waals surface area contributed by atoms with Crippen molar-refractivity contribution in [1.29, 1.82) is 0 Å². The normalized spacial score (nSPS) is 26.6. The molecule has 0 unspecified atom stereocenters. The highest BCUT2D eigenvalue weighted by Gasteiger charge is 2.31. The highest BCUT2D eigenvalue weighted by Crippen LogP contribution is 2.31. The van der Waals surface area contributed by atoms with Gasteiger partial charge in [0, 0.05) is 19.0 Å². The van der Waals surface area contributed by atoms with Crippen LogP contribution in [0.3, 0.4) is 0 Å². The molecule has 3 rings (SSSR count). The average Bonchev–Trinajstić information content (AvgIpc) is 3.05. The van der Waals surface area contributed by atoms with Gasteiger partial charge < -0.3 is 10.0 Å². The van der Waals surface area contributed by atoms with Gasteiger partial charge >= 0.3 is 0 Å². The van der Waals surface area contributed by atoms with Gasteiger partial charge in [-0.05, 0) is 58.3 Å². The number of carbonyl (C=O) groups is 1. The number of carbonyl (C=O) groups excluding carboxylic acids is 1. The van der Waals surface area contributed by atoms with Gasteiger partial charge in [-0.15, -0.1) is 5.10 Å². The van der Waals surface area contributed by atoms with E-state index in [9.17, 15) is 9.90 Å². The molecule has 2 aliphatic rings. The van der Waals surface area contributed by atoms with Crippen molar-refractivity contribution in [3.63, 3.8) is 0 Å². The van der Waals surface area contributed by atoms with Crippen molar-refractivity contribution in [3.05, 3.63) is 11.9 Å². The first-order chi connectivity index (χ1) is 11.3. The van der Waals surface area contributed by atoms with Crippen LogP contribution >= 0.6 is 0 Å². The average molecular weight is 334 g/mol. The molecule has 2 fully saturated rings. The maximum atomic E-state index is 12.7. The Kier molecular flexibility index (Phi) is 4.95. The zero-order valence-corrected chi connectivity index (χ0v) is 15.1. The van der Waals surface area contributed by atoms with Gasteiger partial charge in [0.2, 0.25) is 5.91 Å². The van der Waals surface area contributed by atoms with Crippen LogP contribution in [0.1, 0.15) is 71.0 Å². The van der Waals surface area contributed by atoms with Crippen molar-refractivity contribution >= 4 is 5.91 Å². The summed E-state index contributed by atoms with van der Waals surface area (Å²) in [6.07, 6.45) is 8.13. The number of nitrogens with zero attached hydrogens (tertiary/aromatic N) is 4. The molecule has 1 aliphatic carbocycles. The fourth-order valence-corrected chi connectivity index (χ4v) is 3.85. The summed E-state index contributed by atoms with van der Waals surface area (Å²) < 4.78 is 1.86. The third-order valence-corrected chi connectivity index (χ3v) is 5.65. The van der Waals surface area contributed by atoms with Crippen molar-refractivity contribution < 1.29 is 9.90 Å². The number of piperidine rings is 1. The summed E-state index contributed by atoms with van der Waals surface area (Å²) in [6, 6.07) is 0.268. The van der Waals surface area contributed by atoms with Crippen molar-refractivity contribution in [1.82, 2.24) is 19.9 Å². The first kappa shape index (κ1) is 17.4. The second-order valence-corrected chi connectivity index (χ2v) is 8.16. The molecule has 0 radical (unpaired) electrons. The Balaban J connectivity index is 1.54. The van der Waals surface area contributed by atoms with E-state index in [1.165, 1.54) is 12.8 Å². The quantitative estimate of drug-likeness (QED) is 0.922. The number of aliphatic hydroxyl groups is 1. The topological polar surface area (TPSA) is 71.2 Å². The van der Waals surface area contributed by atoms with Crippen LogP contribution in [-0.4, -0.2) is 44.0 Å². The van der Waals surface area contributed by atoms with E-state index in [1.807, 2.05) is 15.8 Å². The van der Waals surface area contributed by atoms with E-state index >= 15 is 0 Å². The molecular weight excluding hydrogens is 304 g/mol. The minimum atomic E-state index is -0.965. The number of amides is 1. The predicted molar refractivity (Wildman–Crippen MR) is 91.2 cm³/mol. The summed E-state index contributed by atoms with van der Waals surface area (Å²) in [5.41, 5.74) is -0.370. The summed E-state index contributed by atoms with van der Waals surface area (Å²) >= 11 is 0. The first-order valence-corrected chi connectivity index (χ1v) is 9.28.